The van der Waals surface area contributed by atoms with E-state index in [4.69, 9.17) is 0 Å². The summed E-state index contributed by atoms with van der Waals surface area (Å²) in [6.45, 7) is 2.69. The number of anilines is 1. The lowest BCUT2D eigenvalue weighted by molar-refractivity contribution is 0.601. The van der Waals surface area contributed by atoms with E-state index in [0.29, 0.717) is 11.4 Å². The van der Waals surface area contributed by atoms with Crippen LogP contribution in [0.4, 0.5) is 5.69 Å². The molecule has 2 aromatic carbocycles. The van der Waals surface area contributed by atoms with Gasteiger partial charge in [0.05, 0.1) is 10.6 Å². The smallest absolute Gasteiger partial charge is 0.261 e. The Kier molecular flexibility index (Phi) is 5.17. The maximum absolute atomic E-state index is 13.0. The summed E-state index contributed by atoms with van der Waals surface area (Å²) in [4.78, 5) is 0.161. The number of tetrazole rings is 1. The van der Waals surface area contributed by atoms with Gasteiger partial charge in [-0.3, -0.25) is 4.72 Å². The van der Waals surface area contributed by atoms with Crippen LogP contribution in [0.5, 0.6) is 0 Å². The lowest BCUT2D eigenvalue weighted by Gasteiger charge is -2.12. The van der Waals surface area contributed by atoms with Crippen molar-refractivity contribution in [1.82, 2.24) is 35.0 Å². The van der Waals surface area contributed by atoms with Crippen LogP contribution in [0.1, 0.15) is 30.7 Å². The van der Waals surface area contributed by atoms with Crippen molar-refractivity contribution in [1.29, 1.82) is 0 Å². The highest BCUT2D eigenvalue weighted by molar-refractivity contribution is 7.92. The Balaban J connectivity index is 1.42. The molecule has 4 aromatic rings. The molecule has 0 atom stereocenters. The number of hydrogen-bond acceptors (Lipinski definition) is 7. The molecule has 1 N–H and O–H groups in total. The van der Waals surface area contributed by atoms with Crippen molar-refractivity contribution in [3.05, 3.63) is 60.2 Å². The molecule has 2 aromatic heterocycles. The van der Waals surface area contributed by atoms with Gasteiger partial charge in [-0.2, -0.15) is 0 Å². The van der Waals surface area contributed by atoms with Crippen LogP contribution in [-0.2, 0) is 23.0 Å². The van der Waals surface area contributed by atoms with Crippen LogP contribution >= 0.6 is 0 Å². The lowest BCUT2D eigenvalue weighted by atomic mass is 10.2. The molecular weight excluding hydrogens is 428 g/mol. The second-order valence-corrected chi connectivity index (χ2v) is 9.47. The number of fused-ring (bicyclic) bond motifs is 1. The summed E-state index contributed by atoms with van der Waals surface area (Å²) in [6, 6.07) is 12.1. The Morgan fingerprint density at radius 2 is 1.94 bits per heavy atom. The van der Waals surface area contributed by atoms with Gasteiger partial charge >= 0.3 is 0 Å². The van der Waals surface area contributed by atoms with E-state index in [1.807, 2.05) is 19.1 Å². The maximum atomic E-state index is 13.0. The van der Waals surface area contributed by atoms with Crippen LogP contribution in [0.15, 0.2) is 53.7 Å². The molecule has 3 heterocycles. The highest BCUT2D eigenvalue weighted by Crippen LogP contribution is 2.26. The first-order valence-electron chi connectivity index (χ1n) is 10.4. The number of benzene rings is 2. The summed E-state index contributed by atoms with van der Waals surface area (Å²) in [7, 11) is -3.78. The zero-order chi connectivity index (χ0) is 22.1. The molecule has 11 heteroatoms. The number of aromatic nitrogens is 7. The van der Waals surface area contributed by atoms with Gasteiger partial charge in [0.1, 0.15) is 12.2 Å². The third kappa shape index (κ3) is 3.86. The second-order valence-electron chi connectivity index (χ2n) is 7.79. The Bertz CT molecular complexity index is 1360. The highest BCUT2D eigenvalue weighted by atomic mass is 32.2. The molecule has 0 bridgehead atoms. The largest absolute Gasteiger partial charge is 0.311 e. The van der Waals surface area contributed by atoms with Gasteiger partial charge in [0.2, 0.25) is 0 Å². The summed E-state index contributed by atoms with van der Waals surface area (Å²) in [5.74, 6) is 1.76. The predicted octanol–water partition coefficient (Wildman–Crippen LogP) is 2.76. The molecule has 1 aliphatic heterocycles. The lowest BCUT2D eigenvalue weighted by Crippen LogP contribution is -2.14. The SMILES string of the molecule is Cc1cc(S(=O)(=O)Nc2cccc(-c3nnc4n3CCCCC4)c2)ccc1-n1cnnn1. The Labute approximate surface area is 185 Å². The summed E-state index contributed by atoms with van der Waals surface area (Å²) in [6.07, 6.45) is 5.76. The number of nitrogens with one attached hydrogen (secondary N) is 1. The first kappa shape index (κ1) is 20.3. The number of aryl methyl sites for hydroxylation is 2. The Morgan fingerprint density at radius 3 is 2.75 bits per heavy atom. The van der Waals surface area contributed by atoms with Crippen LogP contribution in [-0.4, -0.2) is 43.4 Å². The topological polar surface area (TPSA) is 120 Å². The van der Waals surface area contributed by atoms with E-state index in [2.05, 4.69) is 35.0 Å². The number of sulfonamides is 1. The third-order valence-electron chi connectivity index (χ3n) is 5.56. The van der Waals surface area contributed by atoms with Crippen molar-refractivity contribution in [3.63, 3.8) is 0 Å². The van der Waals surface area contributed by atoms with Gasteiger partial charge < -0.3 is 4.57 Å². The van der Waals surface area contributed by atoms with E-state index in [1.54, 1.807) is 24.3 Å². The van der Waals surface area contributed by atoms with E-state index in [1.165, 1.54) is 23.5 Å². The monoisotopic (exact) mass is 450 g/mol. The molecule has 0 amide bonds. The minimum absolute atomic E-state index is 0.161. The van der Waals surface area contributed by atoms with Gasteiger partial charge in [-0.1, -0.05) is 18.6 Å². The van der Waals surface area contributed by atoms with Gasteiger partial charge in [0.25, 0.3) is 10.0 Å². The molecule has 0 fully saturated rings. The molecule has 1 aliphatic rings. The molecule has 32 heavy (non-hydrogen) atoms. The third-order valence-corrected chi connectivity index (χ3v) is 6.94. The maximum Gasteiger partial charge on any atom is 0.261 e. The van der Waals surface area contributed by atoms with Gasteiger partial charge in [-0.25, -0.2) is 13.1 Å². The average molecular weight is 451 g/mol. The van der Waals surface area contributed by atoms with Crippen molar-refractivity contribution in [2.75, 3.05) is 4.72 Å². The van der Waals surface area contributed by atoms with E-state index in [9.17, 15) is 8.42 Å². The van der Waals surface area contributed by atoms with Crippen molar-refractivity contribution in [2.24, 2.45) is 0 Å². The minimum Gasteiger partial charge on any atom is -0.311 e. The van der Waals surface area contributed by atoms with Gasteiger partial charge in [-0.15, -0.1) is 15.3 Å². The van der Waals surface area contributed by atoms with Crippen molar-refractivity contribution in [2.45, 2.75) is 44.0 Å². The first-order valence-corrected chi connectivity index (χ1v) is 11.9. The molecule has 0 unspecified atom stereocenters. The predicted molar refractivity (Wildman–Crippen MR) is 118 cm³/mol. The van der Waals surface area contributed by atoms with Gasteiger partial charge in [0, 0.05) is 24.2 Å². The second kappa shape index (κ2) is 8.15. The van der Waals surface area contributed by atoms with Gasteiger partial charge in [0.15, 0.2) is 5.82 Å². The van der Waals surface area contributed by atoms with E-state index in [0.717, 1.165) is 48.6 Å². The molecule has 10 nitrogen and oxygen atoms in total. The fourth-order valence-corrected chi connectivity index (χ4v) is 5.09. The Morgan fingerprint density at radius 1 is 1.03 bits per heavy atom. The van der Waals surface area contributed by atoms with E-state index in [-0.39, 0.29) is 4.90 Å². The number of nitrogens with zero attached hydrogens (tertiary/aromatic N) is 7. The molecule has 0 radical (unpaired) electrons. The molecule has 0 saturated carbocycles. The average Bonchev–Trinajstić information content (AvgIpc) is 3.39. The van der Waals surface area contributed by atoms with E-state index >= 15 is 0 Å². The zero-order valence-corrected chi connectivity index (χ0v) is 18.3. The fraction of sp³-hybridized carbons (Fsp3) is 0.286. The molecule has 164 valence electrons. The summed E-state index contributed by atoms with van der Waals surface area (Å²) >= 11 is 0. The molecule has 5 rings (SSSR count). The van der Waals surface area contributed by atoms with Crippen LogP contribution < -0.4 is 4.72 Å². The molecule has 0 aliphatic carbocycles. The van der Waals surface area contributed by atoms with Crippen molar-refractivity contribution >= 4 is 15.7 Å². The highest BCUT2D eigenvalue weighted by Gasteiger charge is 2.19. The fourth-order valence-electron chi connectivity index (χ4n) is 3.96. The normalized spacial score (nSPS) is 14.0. The van der Waals surface area contributed by atoms with Crippen LogP contribution in [0.2, 0.25) is 0 Å². The van der Waals surface area contributed by atoms with Crippen LogP contribution in [0.3, 0.4) is 0 Å². The quantitative estimate of drug-likeness (QED) is 0.496. The number of rotatable bonds is 5. The molecule has 0 saturated heterocycles. The van der Waals surface area contributed by atoms with Crippen LogP contribution in [0.25, 0.3) is 17.1 Å². The molecular formula is C21H22N8O2S. The van der Waals surface area contributed by atoms with Crippen LogP contribution in [0, 0.1) is 6.92 Å². The Hall–Kier alpha value is -3.60. The standard InChI is InChI=1S/C21H22N8O2S/c1-15-12-18(9-10-19(15)29-14-22-26-27-29)32(30,31)25-17-7-5-6-16(13-17)21-24-23-20-8-3-2-4-11-28(20)21/h5-7,9-10,12-14,25H,2-4,8,11H2,1H3. The summed E-state index contributed by atoms with van der Waals surface area (Å²) in [5.41, 5.74) is 2.75. The van der Waals surface area contributed by atoms with Crippen molar-refractivity contribution in [3.8, 4) is 17.1 Å². The van der Waals surface area contributed by atoms with Crippen molar-refractivity contribution < 1.29 is 8.42 Å². The van der Waals surface area contributed by atoms with E-state index < -0.39 is 10.0 Å². The summed E-state index contributed by atoms with van der Waals surface area (Å²) in [5, 5.41) is 19.8. The van der Waals surface area contributed by atoms with Gasteiger partial charge in [-0.05, 0) is 66.1 Å². The summed E-state index contributed by atoms with van der Waals surface area (Å²) < 4.78 is 32.4. The first-order chi connectivity index (χ1) is 15.5. The molecule has 0 spiro atoms. The zero-order valence-electron chi connectivity index (χ0n) is 17.5. The minimum atomic E-state index is -3.78. The number of hydrogen-bond donors (Lipinski definition) is 1.